The highest BCUT2D eigenvalue weighted by Gasteiger charge is 2.24. The van der Waals surface area contributed by atoms with Crippen molar-refractivity contribution < 1.29 is 9.59 Å². The van der Waals surface area contributed by atoms with Gasteiger partial charge in [-0.15, -0.1) is 0 Å². The van der Waals surface area contributed by atoms with Crippen LogP contribution in [0.1, 0.15) is 24.2 Å². The maximum Gasteiger partial charge on any atom is 0.255 e. The normalized spacial score (nSPS) is 14.3. The number of benzene rings is 2. The Hall–Kier alpha value is -2.24. The molecule has 1 saturated heterocycles. The zero-order valence-electron chi connectivity index (χ0n) is 15.9. The Balaban J connectivity index is 1.76. The molecular formula is C21H23Cl2N3O2. The molecule has 2 aromatic carbocycles. The number of hydrogen-bond acceptors (Lipinski definition) is 3. The third kappa shape index (κ3) is 4.78. The zero-order chi connectivity index (χ0) is 20.3. The predicted octanol–water partition coefficient (Wildman–Crippen LogP) is 4.55. The lowest BCUT2D eigenvalue weighted by Crippen LogP contribution is -2.50. The van der Waals surface area contributed by atoms with Crippen molar-refractivity contribution in [1.29, 1.82) is 0 Å². The van der Waals surface area contributed by atoms with Crippen molar-refractivity contribution in [3.63, 3.8) is 0 Å². The number of amides is 2. The van der Waals surface area contributed by atoms with Crippen molar-refractivity contribution in [1.82, 2.24) is 4.90 Å². The van der Waals surface area contributed by atoms with Crippen LogP contribution in [0.25, 0.3) is 0 Å². The smallest absolute Gasteiger partial charge is 0.255 e. The van der Waals surface area contributed by atoms with Crippen LogP contribution >= 0.6 is 23.2 Å². The first-order valence-corrected chi connectivity index (χ1v) is 10.0. The van der Waals surface area contributed by atoms with Crippen LogP contribution in [0.5, 0.6) is 0 Å². The lowest BCUT2D eigenvalue weighted by atomic mass is 10.1. The van der Waals surface area contributed by atoms with Crippen LogP contribution in [0.4, 0.5) is 11.4 Å². The van der Waals surface area contributed by atoms with Gasteiger partial charge in [0.1, 0.15) is 0 Å². The third-order valence-corrected chi connectivity index (χ3v) is 5.19. The van der Waals surface area contributed by atoms with Crippen LogP contribution in [-0.2, 0) is 4.79 Å². The summed E-state index contributed by atoms with van der Waals surface area (Å²) < 4.78 is 0. The second kappa shape index (κ2) is 8.84. The minimum absolute atomic E-state index is 0.00497. The van der Waals surface area contributed by atoms with Gasteiger partial charge in [0.2, 0.25) is 5.91 Å². The van der Waals surface area contributed by atoms with Gasteiger partial charge in [0, 0.05) is 47.7 Å². The molecule has 2 amide bonds. The largest absolute Gasteiger partial charge is 0.366 e. The molecule has 0 atom stereocenters. The number of nitrogens with one attached hydrogen (secondary N) is 1. The molecule has 28 heavy (non-hydrogen) atoms. The highest BCUT2D eigenvalue weighted by Crippen LogP contribution is 2.31. The van der Waals surface area contributed by atoms with E-state index in [1.165, 1.54) is 0 Å². The molecule has 0 aliphatic carbocycles. The van der Waals surface area contributed by atoms with E-state index in [4.69, 9.17) is 23.2 Å². The first-order chi connectivity index (χ1) is 13.3. The van der Waals surface area contributed by atoms with Crippen LogP contribution < -0.4 is 10.2 Å². The van der Waals surface area contributed by atoms with Crippen molar-refractivity contribution in [3.8, 4) is 0 Å². The molecule has 0 bridgehead atoms. The van der Waals surface area contributed by atoms with E-state index >= 15 is 0 Å². The number of rotatable bonds is 4. The van der Waals surface area contributed by atoms with Gasteiger partial charge < -0.3 is 15.1 Å². The van der Waals surface area contributed by atoms with Crippen LogP contribution in [0.2, 0.25) is 10.0 Å². The Morgan fingerprint density at radius 1 is 0.964 bits per heavy atom. The predicted molar refractivity (Wildman–Crippen MR) is 114 cm³/mol. The maximum atomic E-state index is 12.6. The molecule has 0 unspecified atom stereocenters. The fourth-order valence-electron chi connectivity index (χ4n) is 3.24. The summed E-state index contributed by atoms with van der Waals surface area (Å²) in [5, 5.41) is 3.99. The van der Waals surface area contributed by atoms with Gasteiger partial charge in [-0.25, -0.2) is 0 Å². The van der Waals surface area contributed by atoms with Crippen LogP contribution in [0.15, 0.2) is 42.5 Å². The molecule has 0 radical (unpaired) electrons. The quantitative estimate of drug-likeness (QED) is 0.790. The Bertz CT molecular complexity index is 878. The summed E-state index contributed by atoms with van der Waals surface area (Å²) in [6.45, 7) is 6.53. The van der Waals surface area contributed by atoms with E-state index in [2.05, 4.69) is 10.2 Å². The SMILES string of the molecule is CC(C)C(=O)N1CCN(c2ccc(Cl)cc2NC(=O)c2cccc(Cl)c2)CC1. The van der Waals surface area contributed by atoms with Crippen molar-refractivity contribution in [2.75, 3.05) is 36.4 Å². The number of carbonyl (C=O) groups is 2. The number of nitrogens with zero attached hydrogens (tertiary/aromatic N) is 2. The topological polar surface area (TPSA) is 52.7 Å². The van der Waals surface area contributed by atoms with Gasteiger partial charge in [-0.2, -0.15) is 0 Å². The summed E-state index contributed by atoms with van der Waals surface area (Å²) in [5.41, 5.74) is 2.00. The van der Waals surface area contributed by atoms with E-state index in [1.54, 1.807) is 36.4 Å². The van der Waals surface area contributed by atoms with E-state index in [-0.39, 0.29) is 17.7 Å². The van der Waals surface area contributed by atoms with Gasteiger partial charge in [-0.05, 0) is 36.4 Å². The Kier molecular flexibility index (Phi) is 6.47. The Morgan fingerprint density at radius 3 is 2.29 bits per heavy atom. The fraction of sp³-hybridized carbons (Fsp3) is 0.333. The average Bonchev–Trinajstić information content (AvgIpc) is 2.67. The maximum absolute atomic E-state index is 12.6. The summed E-state index contributed by atoms with van der Waals surface area (Å²) in [6.07, 6.45) is 0. The molecule has 1 aliphatic rings. The van der Waals surface area contributed by atoms with Crippen molar-refractivity contribution >= 4 is 46.4 Å². The summed E-state index contributed by atoms with van der Waals surface area (Å²) in [7, 11) is 0. The molecule has 0 aromatic heterocycles. The van der Waals surface area contributed by atoms with E-state index in [0.29, 0.717) is 47.5 Å². The fourth-order valence-corrected chi connectivity index (χ4v) is 3.60. The van der Waals surface area contributed by atoms with Crippen LogP contribution in [-0.4, -0.2) is 42.9 Å². The molecule has 1 heterocycles. The molecule has 3 rings (SSSR count). The Morgan fingerprint density at radius 2 is 1.64 bits per heavy atom. The number of carbonyl (C=O) groups excluding carboxylic acids is 2. The molecule has 7 heteroatoms. The Labute approximate surface area is 175 Å². The highest BCUT2D eigenvalue weighted by molar-refractivity contribution is 6.31. The monoisotopic (exact) mass is 419 g/mol. The van der Waals surface area contributed by atoms with Crippen LogP contribution in [0, 0.1) is 5.92 Å². The van der Waals surface area contributed by atoms with Gasteiger partial charge in [-0.1, -0.05) is 43.1 Å². The number of halogens is 2. The van der Waals surface area contributed by atoms with E-state index < -0.39 is 0 Å². The molecular weight excluding hydrogens is 397 g/mol. The number of piperazine rings is 1. The second-order valence-electron chi connectivity index (χ2n) is 7.09. The zero-order valence-corrected chi connectivity index (χ0v) is 17.4. The summed E-state index contributed by atoms with van der Waals surface area (Å²) >= 11 is 12.2. The molecule has 2 aromatic rings. The minimum Gasteiger partial charge on any atom is -0.366 e. The highest BCUT2D eigenvalue weighted by atomic mass is 35.5. The van der Waals surface area contributed by atoms with E-state index in [0.717, 1.165) is 5.69 Å². The van der Waals surface area contributed by atoms with Gasteiger partial charge in [0.15, 0.2) is 0 Å². The lowest BCUT2D eigenvalue weighted by Gasteiger charge is -2.37. The van der Waals surface area contributed by atoms with Crippen molar-refractivity contribution in [3.05, 3.63) is 58.1 Å². The standard InChI is InChI=1S/C21H23Cl2N3O2/c1-14(2)21(28)26-10-8-25(9-11-26)19-7-6-17(23)13-18(19)24-20(27)15-4-3-5-16(22)12-15/h3-7,12-14H,8-11H2,1-2H3,(H,24,27). The van der Waals surface area contributed by atoms with Gasteiger partial charge in [-0.3, -0.25) is 9.59 Å². The van der Waals surface area contributed by atoms with Gasteiger partial charge in [0.25, 0.3) is 5.91 Å². The first-order valence-electron chi connectivity index (χ1n) is 9.25. The molecule has 0 spiro atoms. The molecule has 5 nitrogen and oxygen atoms in total. The molecule has 148 valence electrons. The molecule has 0 saturated carbocycles. The lowest BCUT2D eigenvalue weighted by molar-refractivity contribution is -0.134. The van der Waals surface area contributed by atoms with E-state index in [1.807, 2.05) is 24.8 Å². The summed E-state index contributed by atoms with van der Waals surface area (Å²) in [6, 6.07) is 12.2. The first kappa shape index (κ1) is 20.5. The number of anilines is 2. The average molecular weight is 420 g/mol. The van der Waals surface area contributed by atoms with Crippen LogP contribution in [0.3, 0.4) is 0 Å². The minimum atomic E-state index is -0.250. The molecule has 1 N–H and O–H groups in total. The number of hydrogen-bond donors (Lipinski definition) is 1. The third-order valence-electron chi connectivity index (χ3n) is 4.72. The van der Waals surface area contributed by atoms with Crippen molar-refractivity contribution in [2.45, 2.75) is 13.8 Å². The second-order valence-corrected chi connectivity index (χ2v) is 7.97. The molecule has 1 aliphatic heterocycles. The van der Waals surface area contributed by atoms with E-state index in [9.17, 15) is 9.59 Å². The van der Waals surface area contributed by atoms with Gasteiger partial charge >= 0.3 is 0 Å². The summed E-state index contributed by atoms with van der Waals surface area (Å²) in [4.78, 5) is 28.9. The molecule has 1 fully saturated rings. The van der Waals surface area contributed by atoms with Gasteiger partial charge in [0.05, 0.1) is 11.4 Å². The van der Waals surface area contributed by atoms with Crippen molar-refractivity contribution in [2.24, 2.45) is 5.92 Å². The summed E-state index contributed by atoms with van der Waals surface area (Å²) in [5.74, 6) is -0.0838.